The molecule has 0 aromatic heterocycles. The first-order valence-electron chi connectivity index (χ1n) is 4.25. The van der Waals surface area contributed by atoms with Gasteiger partial charge >= 0.3 is 0 Å². The number of aliphatic hydroxyl groups excluding tert-OH is 1. The van der Waals surface area contributed by atoms with Gasteiger partial charge < -0.3 is 9.84 Å². The number of thioether (sulfide) groups is 1. The second-order valence-corrected chi connectivity index (χ2v) is 5.77. The molecule has 2 nitrogen and oxygen atoms in total. The summed E-state index contributed by atoms with van der Waals surface area (Å²) in [4.78, 5) is 0. The molecule has 1 fully saturated rings. The summed E-state index contributed by atoms with van der Waals surface area (Å²) in [6.07, 6.45) is 1.07. The zero-order valence-electron chi connectivity index (χ0n) is 7.43. The summed E-state index contributed by atoms with van der Waals surface area (Å²) in [6.45, 7) is 4.16. The SMILES string of the molecule is CC(S)CC1OC(O)CC(C)S1. The molecule has 0 spiro atoms. The zero-order chi connectivity index (χ0) is 9.14. The predicted octanol–water partition coefficient (Wildman–Crippen LogP) is 1.88. The van der Waals surface area contributed by atoms with Gasteiger partial charge in [-0.2, -0.15) is 12.6 Å². The van der Waals surface area contributed by atoms with E-state index in [2.05, 4.69) is 19.6 Å². The number of aliphatic hydroxyl groups is 1. The summed E-state index contributed by atoms with van der Waals surface area (Å²) >= 11 is 6.08. The minimum absolute atomic E-state index is 0.122. The molecule has 72 valence electrons. The van der Waals surface area contributed by atoms with Crippen molar-refractivity contribution in [1.82, 2.24) is 0 Å². The minimum atomic E-state index is -0.571. The second kappa shape index (κ2) is 4.74. The average molecular weight is 208 g/mol. The molecule has 4 unspecified atom stereocenters. The van der Waals surface area contributed by atoms with Gasteiger partial charge in [-0.25, -0.2) is 0 Å². The molecule has 0 amide bonds. The fraction of sp³-hybridized carbons (Fsp3) is 1.00. The van der Waals surface area contributed by atoms with Crippen LogP contribution in [0.5, 0.6) is 0 Å². The fourth-order valence-electron chi connectivity index (χ4n) is 1.25. The van der Waals surface area contributed by atoms with Crippen molar-refractivity contribution in [1.29, 1.82) is 0 Å². The highest BCUT2D eigenvalue weighted by Gasteiger charge is 2.26. The van der Waals surface area contributed by atoms with E-state index in [-0.39, 0.29) is 5.44 Å². The van der Waals surface area contributed by atoms with Gasteiger partial charge in [0.2, 0.25) is 0 Å². The Labute approximate surface area is 83.5 Å². The number of thiol groups is 1. The van der Waals surface area contributed by atoms with Gasteiger partial charge in [0, 0.05) is 16.9 Å². The van der Waals surface area contributed by atoms with Crippen molar-refractivity contribution in [3.8, 4) is 0 Å². The first-order chi connectivity index (χ1) is 5.58. The smallest absolute Gasteiger partial charge is 0.157 e. The van der Waals surface area contributed by atoms with E-state index in [1.165, 1.54) is 0 Å². The summed E-state index contributed by atoms with van der Waals surface area (Å²) < 4.78 is 5.34. The summed E-state index contributed by atoms with van der Waals surface area (Å²) in [5, 5.41) is 10.1. The molecule has 1 rings (SSSR count). The lowest BCUT2D eigenvalue weighted by molar-refractivity contribution is -0.120. The number of hydrogen-bond donors (Lipinski definition) is 2. The van der Waals surface area contributed by atoms with Crippen molar-refractivity contribution >= 4 is 24.4 Å². The van der Waals surface area contributed by atoms with Gasteiger partial charge in [0.25, 0.3) is 0 Å². The van der Waals surface area contributed by atoms with Crippen molar-refractivity contribution in [3.63, 3.8) is 0 Å². The van der Waals surface area contributed by atoms with Gasteiger partial charge in [-0.05, 0) is 6.42 Å². The lowest BCUT2D eigenvalue weighted by atomic mass is 10.3. The minimum Gasteiger partial charge on any atom is -0.368 e. The number of rotatable bonds is 2. The van der Waals surface area contributed by atoms with Crippen LogP contribution in [0.2, 0.25) is 0 Å². The third kappa shape index (κ3) is 3.56. The first kappa shape index (κ1) is 10.7. The third-order valence-electron chi connectivity index (χ3n) is 1.76. The van der Waals surface area contributed by atoms with Crippen LogP contribution in [0.3, 0.4) is 0 Å². The highest BCUT2D eigenvalue weighted by atomic mass is 32.2. The Kier molecular flexibility index (Phi) is 4.23. The Morgan fingerprint density at radius 2 is 2.42 bits per heavy atom. The third-order valence-corrected chi connectivity index (χ3v) is 3.24. The lowest BCUT2D eigenvalue weighted by Gasteiger charge is -2.31. The molecule has 4 atom stereocenters. The number of ether oxygens (including phenoxy) is 1. The van der Waals surface area contributed by atoms with Crippen molar-refractivity contribution in [2.75, 3.05) is 0 Å². The summed E-state index contributed by atoms with van der Waals surface area (Å²) in [5.41, 5.74) is 0.122. The molecule has 0 radical (unpaired) electrons. The lowest BCUT2D eigenvalue weighted by Crippen LogP contribution is -2.31. The Hall–Kier alpha value is 0.620. The highest BCUT2D eigenvalue weighted by molar-refractivity contribution is 8.00. The van der Waals surface area contributed by atoms with Gasteiger partial charge in [-0.3, -0.25) is 0 Å². The van der Waals surface area contributed by atoms with Crippen LogP contribution in [-0.4, -0.2) is 27.3 Å². The van der Waals surface area contributed by atoms with Gasteiger partial charge in [-0.1, -0.05) is 13.8 Å². The molecule has 0 aromatic carbocycles. The van der Waals surface area contributed by atoms with E-state index >= 15 is 0 Å². The van der Waals surface area contributed by atoms with Gasteiger partial charge in [0.1, 0.15) is 5.44 Å². The Balaban J connectivity index is 2.34. The van der Waals surface area contributed by atoms with Crippen LogP contribution in [-0.2, 0) is 4.74 Å². The largest absolute Gasteiger partial charge is 0.368 e. The van der Waals surface area contributed by atoms with E-state index in [0.717, 1.165) is 12.8 Å². The van der Waals surface area contributed by atoms with E-state index in [4.69, 9.17) is 4.74 Å². The molecule has 1 saturated heterocycles. The van der Waals surface area contributed by atoms with Gasteiger partial charge in [0.15, 0.2) is 6.29 Å². The predicted molar refractivity (Wildman–Crippen MR) is 55.6 cm³/mol. The molecule has 0 aromatic rings. The molecule has 1 N–H and O–H groups in total. The molecular formula is C8H16O2S2. The Morgan fingerprint density at radius 1 is 1.75 bits per heavy atom. The summed E-state index contributed by atoms with van der Waals surface area (Å²) in [6, 6.07) is 0. The van der Waals surface area contributed by atoms with Gasteiger partial charge in [0.05, 0.1) is 0 Å². The molecule has 0 bridgehead atoms. The monoisotopic (exact) mass is 208 g/mol. The quantitative estimate of drug-likeness (QED) is 0.679. The second-order valence-electron chi connectivity index (χ2n) is 3.29. The summed E-state index contributed by atoms with van der Waals surface area (Å²) in [5.74, 6) is 0. The molecular weight excluding hydrogens is 192 g/mol. The van der Waals surface area contributed by atoms with Crippen molar-refractivity contribution < 1.29 is 9.84 Å². The van der Waals surface area contributed by atoms with Crippen LogP contribution in [0.25, 0.3) is 0 Å². The standard InChI is InChI=1S/C8H16O2S2/c1-5(11)3-8-10-7(9)4-6(2)12-8/h5-9,11H,3-4H2,1-2H3. The van der Waals surface area contributed by atoms with Crippen molar-refractivity contribution in [3.05, 3.63) is 0 Å². The maximum atomic E-state index is 9.30. The first-order valence-corrected chi connectivity index (χ1v) is 5.71. The highest BCUT2D eigenvalue weighted by Crippen LogP contribution is 2.32. The van der Waals surface area contributed by atoms with Crippen LogP contribution in [0.15, 0.2) is 0 Å². The molecule has 1 heterocycles. The van der Waals surface area contributed by atoms with Crippen LogP contribution < -0.4 is 0 Å². The Morgan fingerprint density at radius 3 is 2.92 bits per heavy atom. The van der Waals surface area contributed by atoms with Crippen molar-refractivity contribution in [2.45, 2.75) is 48.9 Å². The Bertz CT molecular complexity index is 128. The van der Waals surface area contributed by atoms with E-state index in [1.54, 1.807) is 11.8 Å². The van der Waals surface area contributed by atoms with Crippen molar-refractivity contribution in [2.24, 2.45) is 0 Å². The molecule has 4 heteroatoms. The molecule has 0 saturated carbocycles. The van der Waals surface area contributed by atoms with E-state index < -0.39 is 6.29 Å². The van der Waals surface area contributed by atoms with Crippen LogP contribution in [0.4, 0.5) is 0 Å². The van der Waals surface area contributed by atoms with Crippen LogP contribution in [0, 0.1) is 0 Å². The molecule has 0 aliphatic carbocycles. The maximum absolute atomic E-state index is 9.30. The summed E-state index contributed by atoms with van der Waals surface area (Å²) in [7, 11) is 0. The van der Waals surface area contributed by atoms with Crippen LogP contribution in [0.1, 0.15) is 26.7 Å². The zero-order valence-corrected chi connectivity index (χ0v) is 9.15. The normalized spacial score (nSPS) is 39.5. The molecule has 1 aliphatic heterocycles. The molecule has 1 aliphatic rings. The van der Waals surface area contributed by atoms with Crippen LogP contribution >= 0.6 is 24.4 Å². The van der Waals surface area contributed by atoms with E-state index in [9.17, 15) is 5.11 Å². The van der Waals surface area contributed by atoms with E-state index in [1.807, 2.05) is 6.92 Å². The number of hydrogen-bond acceptors (Lipinski definition) is 4. The maximum Gasteiger partial charge on any atom is 0.157 e. The average Bonchev–Trinajstić information content (AvgIpc) is 1.81. The molecule has 12 heavy (non-hydrogen) atoms. The van der Waals surface area contributed by atoms with Gasteiger partial charge in [-0.15, -0.1) is 11.8 Å². The fourth-order valence-corrected chi connectivity index (χ4v) is 2.97. The van der Waals surface area contributed by atoms with E-state index in [0.29, 0.717) is 10.5 Å². The topological polar surface area (TPSA) is 29.5 Å².